The van der Waals surface area contributed by atoms with Gasteiger partial charge in [-0.2, -0.15) is 0 Å². The standard InChI is InChI=1S/C24H45NO5Si3.C21H39NO5Si3/c1-20(33(10,29-31(4,5)6)30-32(7,8)9)19-28-22-13-11-21(12-14-22)23(26)24(2,3)25-15-17-27-18-16-25;1-21(2,22-14-16-24-17-15-22)20(23)18-10-12-19(13-11-18)25-30(9,26-28(3,4)5)27-29(6,7)8/h11-14,20H,15-19H2,1-10H3;10-13H,14-17H2,1-9H3. The number of benzene rings is 2. The number of carbonyl (C=O) groups excluding carboxylic acids is 2. The number of hydrogen-bond acceptors (Lipinski definition) is 12. The minimum atomic E-state index is -2.85. The highest BCUT2D eigenvalue weighted by Crippen LogP contribution is 2.33. The molecule has 0 spiro atoms. The molecule has 2 heterocycles. The third kappa shape index (κ3) is 18.2. The van der Waals surface area contributed by atoms with Gasteiger partial charge in [0.1, 0.15) is 11.5 Å². The lowest BCUT2D eigenvalue weighted by molar-refractivity contribution is -0.00443. The van der Waals surface area contributed by atoms with Crippen molar-refractivity contribution in [3.63, 3.8) is 0 Å². The molecule has 0 N–H and O–H groups in total. The van der Waals surface area contributed by atoms with Gasteiger partial charge in [-0.3, -0.25) is 19.4 Å². The number of carbonyl (C=O) groups is 2. The Balaban J connectivity index is 0.000000337. The summed E-state index contributed by atoms with van der Waals surface area (Å²) in [5.41, 5.74) is 0.431. The predicted octanol–water partition coefficient (Wildman–Crippen LogP) is 10.2. The molecule has 2 aliphatic rings. The Labute approximate surface area is 388 Å². The van der Waals surface area contributed by atoms with E-state index in [0.29, 0.717) is 49.9 Å². The number of hydrogen-bond donors (Lipinski definition) is 0. The molecule has 2 aromatic rings. The lowest BCUT2D eigenvalue weighted by Gasteiger charge is -2.41. The first-order valence-corrected chi connectivity index (χ1v) is 41.0. The van der Waals surface area contributed by atoms with Crippen LogP contribution in [0.2, 0.25) is 97.2 Å². The van der Waals surface area contributed by atoms with Crippen LogP contribution in [0.15, 0.2) is 48.5 Å². The largest absolute Gasteiger partial charge is 0.541 e. The van der Waals surface area contributed by atoms with Crippen LogP contribution in [0, 0.1) is 0 Å². The predicted molar refractivity (Wildman–Crippen MR) is 271 cm³/mol. The number of nitrogens with zero attached hydrogens (tertiary/aromatic N) is 2. The van der Waals surface area contributed by atoms with Crippen LogP contribution in [0.5, 0.6) is 11.5 Å². The van der Waals surface area contributed by atoms with Crippen molar-refractivity contribution in [3.8, 4) is 11.5 Å². The summed E-state index contributed by atoms with van der Waals surface area (Å²) in [6, 6.07) is 14.9. The van der Waals surface area contributed by atoms with Gasteiger partial charge in [0.2, 0.25) is 0 Å². The summed E-state index contributed by atoms with van der Waals surface area (Å²) in [6.07, 6.45) is 0. The Morgan fingerprint density at radius 3 is 1.17 bits per heavy atom. The second-order valence-electron chi connectivity index (χ2n) is 22.1. The molecule has 0 bridgehead atoms. The van der Waals surface area contributed by atoms with Crippen LogP contribution in [-0.4, -0.2) is 142 Å². The smallest absolute Gasteiger partial charge is 0.502 e. The van der Waals surface area contributed by atoms with Gasteiger partial charge in [0, 0.05) is 49.4 Å². The molecule has 0 aliphatic carbocycles. The molecule has 63 heavy (non-hydrogen) atoms. The molecule has 0 aromatic heterocycles. The molecule has 358 valence electrons. The molecule has 0 amide bonds. The van der Waals surface area contributed by atoms with Crippen molar-refractivity contribution in [1.29, 1.82) is 0 Å². The Kier molecular flexibility index (Phi) is 19.4. The number of ketones is 2. The van der Waals surface area contributed by atoms with E-state index in [1.807, 2.05) is 82.8 Å². The summed E-state index contributed by atoms with van der Waals surface area (Å²) >= 11 is 0. The fourth-order valence-electron chi connectivity index (χ4n) is 7.81. The van der Waals surface area contributed by atoms with Gasteiger partial charge in [-0.25, -0.2) is 0 Å². The molecule has 4 rings (SSSR count). The van der Waals surface area contributed by atoms with Crippen molar-refractivity contribution in [3.05, 3.63) is 59.7 Å². The first-order valence-electron chi connectivity index (χ1n) is 22.7. The summed E-state index contributed by atoms with van der Waals surface area (Å²) in [5, 5.41) is 0. The van der Waals surface area contributed by atoms with Gasteiger partial charge >= 0.3 is 17.4 Å². The van der Waals surface area contributed by atoms with Crippen LogP contribution in [0.4, 0.5) is 0 Å². The van der Waals surface area contributed by atoms with Gasteiger partial charge < -0.3 is 35.1 Å². The Hall–Kier alpha value is -1.64. The minimum absolute atomic E-state index is 0.104. The maximum absolute atomic E-state index is 13.2. The van der Waals surface area contributed by atoms with Crippen LogP contribution in [0.25, 0.3) is 0 Å². The average Bonchev–Trinajstić information content (AvgIpc) is 3.14. The number of rotatable bonds is 20. The molecule has 2 aromatic carbocycles. The van der Waals surface area contributed by atoms with E-state index in [2.05, 4.69) is 102 Å². The van der Waals surface area contributed by atoms with Gasteiger partial charge in [0.25, 0.3) is 0 Å². The third-order valence-corrected chi connectivity index (χ3v) is 29.2. The highest BCUT2D eigenvalue weighted by Gasteiger charge is 2.47. The molecular weight excluding hydrogens is 897 g/mol. The Bertz CT molecular complexity index is 1730. The molecule has 1 atom stereocenters. The van der Waals surface area contributed by atoms with Gasteiger partial charge in [0.05, 0.1) is 44.1 Å². The van der Waals surface area contributed by atoms with Crippen LogP contribution in [0.1, 0.15) is 55.3 Å². The van der Waals surface area contributed by atoms with Gasteiger partial charge in [-0.15, -0.1) is 0 Å². The maximum Gasteiger partial charge on any atom is 0.541 e. The van der Waals surface area contributed by atoms with E-state index < -0.39 is 61.7 Å². The third-order valence-electron chi connectivity index (χ3n) is 10.6. The fraction of sp³-hybridized carbons (Fsp3) is 0.689. The van der Waals surface area contributed by atoms with E-state index in [1.54, 1.807) is 0 Å². The first-order chi connectivity index (χ1) is 28.6. The molecule has 0 saturated carbocycles. The normalized spacial score (nSPS) is 17.4. The zero-order valence-electron chi connectivity index (χ0n) is 42.5. The van der Waals surface area contributed by atoms with E-state index in [4.69, 9.17) is 35.1 Å². The Morgan fingerprint density at radius 2 is 0.857 bits per heavy atom. The number of ether oxygens (including phenoxy) is 3. The SMILES string of the molecule is CC(C)(C(=O)c1ccc(O[Si](C)(O[Si](C)(C)C)O[Si](C)(C)C)cc1)N1CCOCC1.CC(COc1ccc(C(=O)C(C)(C)N2CCOCC2)cc1)[Si](C)(O[Si](C)(C)C)O[Si](C)(C)C. The van der Waals surface area contributed by atoms with Crippen LogP contribution < -0.4 is 9.16 Å². The quantitative estimate of drug-likeness (QED) is 0.0930. The molecule has 2 saturated heterocycles. The summed E-state index contributed by atoms with van der Waals surface area (Å²) in [5.74, 6) is 1.67. The van der Waals surface area contributed by atoms with E-state index >= 15 is 0 Å². The zero-order chi connectivity index (χ0) is 47.9. The first kappa shape index (κ1) is 55.7. The number of morpholine rings is 2. The van der Waals surface area contributed by atoms with Gasteiger partial charge in [0.15, 0.2) is 44.8 Å². The van der Waals surface area contributed by atoms with Crippen molar-refractivity contribution in [2.24, 2.45) is 0 Å². The molecule has 2 fully saturated rings. The number of Topliss-reactive ketones (excluding diaryl/α,β-unsaturated/α-hetero) is 2. The molecule has 12 nitrogen and oxygen atoms in total. The van der Waals surface area contributed by atoms with Crippen molar-refractivity contribution < 1.29 is 44.7 Å². The van der Waals surface area contributed by atoms with Crippen molar-refractivity contribution in [2.45, 2.75) is 143 Å². The van der Waals surface area contributed by atoms with E-state index in [-0.39, 0.29) is 17.1 Å². The highest BCUT2D eigenvalue weighted by molar-refractivity contribution is 6.88. The van der Waals surface area contributed by atoms with Crippen molar-refractivity contribution in [1.82, 2.24) is 9.80 Å². The van der Waals surface area contributed by atoms with E-state index in [9.17, 15) is 9.59 Å². The molecule has 2 aliphatic heterocycles. The van der Waals surface area contributed by atoms with Gasteiger partial charge in [-0.1, -0.05) is 6.92 Å². The lowest BCUT2D eigenvalue weighted by Crippen LogP contribution is -2.56. The summed E-state index contributed by atoms with van der Waals surface area (Å²) in [6.45, 7) is 46.8. The van der Waals surface area contributed by atoms with Crippen molar-refractivity contribution >= 4 is 62.2 Å². The van der Waals surface area contributed by atoms with E-state index in [1.165, 1.54) is 0 Å². The lowest BCUT2D eigenvalue weighted by atomic mass is 9.91. The molecule has 0 radical (unpaired) electrons. The molecular formula is C45H84N2O10Si6. The second kappa shape index (κ2) is 22.0. The zero-order valence-corrected chi connectivity index (χ0v) is 48.5. The average molecular weight is 982 g/mol. The van der Waals surface area contributed by atoms with E-state index in [0.717, 1.165) is 31.9 Å². The van der Waals surface area contributed by atoms with Crippen LogP contribution in [0.3, 0.4) is 0 Å². The summed E-state index contributed by atoms with van der Waals surface area (Å²) < 4.78 is 49.4. The monoisotopic (exact) mass is 980 g/mol. The second-order valence-corrected chi connectivity index (χ2v) is 47.2. The molecule has 1 unspecified atom stereocenters. The highest BCUT2D eigenvalue weighted by atomic mass is 28.5. The summed E-state index contributed by atoms with van der Waals surface area (Å²) in [4.78, 5) is 30.8. The molecule has 18 heteroatoms. The van der Waals surface area contributed by atoms with Crippen molar-refractivity contribution in [2.75, 3.05) is 59.2 Å². The maximum atomic E-state index is 13.2. The Morgan fingerprint density at radius 1 is 0.540 bits per heavy atom. The van der Waals surface area contributed by atoms with Crippen LogP contribution >= 0.6 is 0 Å². The van der Waals surface area contributed by atoms with Gasteiger partial charge in [-0.05, 0) is 161 Å². The summed E-state index contributed by atoms with van der Waals surface area (Å²) in [7, 11) is -12.5. The minimum Gasteiger partial charge on any atom is -0.502 e. The fourth-order valence-corrected chi connectivity index (χ4v) is 30.4. The topological polar surface area (TPSA) is 114 Å². The van der Waals surface area contributed by atoms with Crippen LogP contribution in [-0.2, 0) is 25.9 Å².